The van der Waals surface area contributed by atoms with Crippen LogP contribution in [-0.4, -0.2) is 49.1 Å². The van der Waals surface area contributed by atoms with Gasteiger partial charge in [0.15, 0.2) is 6.10 Å². The van der Waals surface area contributed by atoms with Crippen LogP contribution in [0.3, 0.4) is 0 Å². The van der Waals surface area contributed by atoms with Gasteiger partial charge in [-0.1, -0.05) is 30.3 Å². The molecule has 0 saturated carbocycles. The van der Waals surface area contributed by atoms with Gasteiger partial charge in [0.05, 0.1) is 19.6 Å². The Morgan fingerprint density at radius 1 is 1.07 bits per heavy atom. The largest absolute Gasteiger partial charge is 0.481 e. The third-order valence-corrected chi connectivity index (χ3v) is 4.37. The molecule has 0 aromatic heterocycles. The van der Waals surface area contributed by atoms with Crippen molar-refractivity contribution in [2.45, 2.75) is 19.4 Å². The molecular formula is C21H24N2O4. The number of anilines is 1. The fourth-order valence-electron chi connectivity index (χ4n) is 2.81. The van der Waals surface area contributed by atoms with Crippen molar-refractivity contribution < 1.29 is 19.1 Å². The molecule has 1 atom stereocenters. The van der Waals surface area contributed by atoms with Crippen LogP contribution in [0.15, 0.2) is 54.6 Å². The lowest BCUT2D eigenvalue weighted by Gasteiger charge is -2.26. The Balaban J connectivity index is 1.50. The summed E-state index contributed by atoms with van der Waals surface area (Å²) in [4.78, 5) is 26.4. The van der Waals surface area contributed by atoms with E-state index in [1.54, 1.807) is 19.1 Å². The van der Waals surface area contributed by atoms with Crippen molar-refractivity contribution in [3.63, 3.8) is 0 Å². The molecule has 0 unspecified atom stereocenters. The molecule has 1 aliphatic rings. The first kappa shape index (κ1) is 18.9. The number of morpholine rings is 1. The normalized spacial score (nSPS) is 15.1. The van der Waals surface area contributed by atoms with Gasteiger partial charge in [0.2, 0.25) is 5.91 Å². The zero-order valence-electron chi connectivity index (χ0n) is 15.4. The number of para-hydroxylation sites is 1. The first-order chi connectivity index (χ1) is 13.1. The molecule has 3 rings (SSSR count). The van der Waals surface area contributed by atoms with Crippen molar-refractivity contribution in [1.29, 1.82) is 0 Å². The molecule has 1 heterocycles. The molecule has 0 aliphatic carbocycles. The lowest BCUT2D eigenvalue weighted by Crippen LogP contribution is -2.41. The highest BCUT2D eigenvalue weighted by atomic mass is 16.5. The third-order valence-electron chi connectivity index (χ3n) is 4.37. The van der Waals surface area contributed by atoms with Crippen molar-refractivity contribution in [3.05, 3.63) is 60.2 Å². The molecule has 1 N–H and O–H groups in total. The van der Waals surface area contributed by atoms with Crippen LogP contribution in [0.5, 0.6) is 5.75 Å². The minimum atomic E-state index is -0.616. The minimum Gasteiger partial charge on any atom is -0.481 e. The van der Waals surface area contributed by atoms with Gasteiger partial charge in [0.1, 0.15) is 5.75 Å². The lowest BCUT2D eigenvalue weighted by atomic mass is 10.1. The molecule has 2 amide bonds. The van der Waals surface area contributed by atoms with Gasteiger partial charge in [-0.15, -0.1) is 0 Å². The smallest absolute Gasteiger partial charge is 0.265 e. The maximum Gasteiger partial charge on any atom is 0.265 e. The summed E-state index contributed by atoms with van der Waals surface area (Å²) in [6.45, 7) is 4.19. The van der Waals surface area contributed by atoms with Gasteiger partial charge >= 0.3 is 0 Å². The summed E-state index contributed by atoms with van der Waals surface area (Å²) in [6.07, 6.45) is -0.267. The Labute approximate surface area is 159 Å². The number of carbonyl (C=O) groups excluding carboxylic acids is 2. The standard InChI is InChI=1S/C21H24N2O4/c1-16(27-19-5-3-2-4-6-19)21(25)22-18-9-7-17(8-10-18)15-20(24)23-11-13-26-14-12-23/h2-10,16H,11-15H2,1H3,(H,22,25)/t16-/m1/s1. The SMILES string of the molecule is C[C@@H](Oc1ccccc1)C(=O)Nc1ccc(CC(=O)N2CCOCC2)cc1. The molecule has 1 saturated heterocycles. The number of amides is 2. The number of rotatable bonds is 6. The summed E-state index contributed by atoms with van der Waals surface area (Å²) in [5.74, 6) is 0.521. The molecule has 27 heavy (non-hydrogen) atoms. The van der Waals surface area contributed by atoms with Gasteiger partial charge in [-0.3, -0.25) is 9.59 Å². The lowest BCUT2D eigenvalue weighted by molar-refractivity contribution is -0.134. The van der Waals surface area contributed by atoms with Gasteiger partial charge in [-0.2, -0.15) is 0 Å². The summed E-state index contributed by atoms with van der Waals surface area (Å²) in [7, 11) is 0. The first-order valence-corrected chi connectivity index (χ1v) is 9.09. The maximum absolute atomic E-state index is 12.3. The van der Waals surface area contributed by atoms with E-state index in [1.165, 1.54) is 0 Å². The fourth-order valence-corrected chi connectivity index (χ4v) is 2.81. The van der Waals surface area contributed by atoms with Crippen molar-refractivity contribution in [2.24, 2.45) is 0 Å². The van der Waals surface area contributed by atoms with Crippen LogP contribution in [0, 0.1) is 0 Å². The van der Waals surface area contributed by atoms with Crippen LogP contribution >= 0.6 is 0 Å². The predicted octanol–water partition coefficient (Wildman–Crippen LogP) is 2.49. The predicted molar refractivity (Wildman–Crippen MR) is 103 cm³/mol. The van der Waals surface area contributed by atoms with Crippen LogP contribution in [0.2, 0.25) is 0 Å². The van der Waals surface area contributed by atoms with E-state index in [1.807, 2.05) is 47.4 Å². The summed E-state index contributed by atoms with van der Waals surface area (Å²) >= 11 is 0. The van der Waals surface area contributed by atoms with E-state index in [9.17, 15) is 9.59 Å². The second-order valence-corrected chi connectivity index (χ2v) is 6.43. The number of ether oxygens (including phenoxy) is 2. The van der Waals surface area contributed by atoms with Crippen molar-refractivity contribution in [2.75, 3.05) is 31.6 Å². The van der Waals surface area contributed by atoms with E-state index in [0.29, 0.717) is 44.2 Å². The zero-order valence-corrected chi connectivity index (χ0v) is 15.4. The van der Waals surface area contributed by atoms with Crippen molar-refractivity contribution >= 4 is 17.5 Å². The molecule has 6 nitrogen and oxygen atoms in total. The summed E-state index contributed by atoms with van der Waals surface area (Å²) in [6, 6.07) is 16.5. The summed E-state index contributed by atoms with van der Waals surface area (Å²) in [5, 5.41) is 2.83. The van der Waals surface area contributed by atoms with Crippen molar-refractivity contribution in [3.8, 4) is 5.75 Å². The second kappa shape index (κ2) is 9.19. The highest BCUT2D eigenvalue weighted by Gasteiger charge is 2.17. The Morgan fingerprint density at radius 2 is 1.74 bits per heavy atom. The molecule has 0 radical (unpaired) electrons. The van der Waals surface area contributed by atoms with Gasteiger partial charge in [0.25, 0.3) is 5.91 Å². The second-order valence-electron chi connectivity index (χ2n) is 6.43. The monoisotopic (exact) mass is 368 g/mol. The fraction of sp³-hybridized carbons (Fsp3) is 0.333. The maximum atomic E-state index is 12.3. The van der Waals surface area contributed by atoms with Gasteiger partial charge < -0.3 is 19.7 Å². The number of hydrogen-bond acceptors (Lipinski definition) is 4. The van der Waals surface area contributed by atoms with Gasteiger partial charge in [-0.05, 0) is 36.8 Å². The molecule has 0 spiro atoms. The Bertz CT molecular complexity index is 756. The van der Waals surface area contributed by atoms with Crippen LogP contribution in [0.1, 0.15) is 12.5 Å². The molecule has 142 valence electrons. The van der Waals surface area contributed by atoms with E-state index >= 15 is 0 Å². The Morgan fingerprint density at radius 3 is 2.41 bits per heavy atom. The van der Waals surface area contributed by atoms with Crippen molar-refractivity contribution in [1.82, 2.24) is 4.90 Å². The van der Waals surface area contributed by atoms with Gasteiger partial charge in [-0.25, -0.2) is 0 Å². The number of benzene rings is 2. The molecule has 0 bridgehead atoms. The molecule has 2 aromatic rings. The number of carbonyl (C=O) groups is 2. The summed E-state index contributed by atoms with van der Waals surface area (Å²) < 4.78 is 10.9. The quantitative estimate of drug-likeness (QED) is 0.851. The van der Waals surface area contributed by atoms with E-state index in [-0.39, 0.29) is 11.8 Å². The van der Waals surface area contributed by atoms with E-state index in [4.69, 9.17) is 9.47 Å². The number of nitrogens with one attached hydrogen (secondary N) is 1. The Kier molecular flexibility index (Phi) is 6.44. The zero-order chi connectivity index (χ0) is 19.1. The summed E-state index contributed by atoms with van der Waals surface area (Å²) in [5.41, 5.74) is 1.59. The highest BCUT2D eigenvalue weighted by Crippen LogP contribution is 2.14. The van der Waals surface area contributed by atoms with E-state index in [0.717, 1.165) is 5.56 Å². The molecule has 6 heteroatoms. The van der Waals surface area contributed by atoms with Gasteiger partial charge in [0, 0.05) is 18.8 Å². The topological polar surface area (TPSA) is 67.9 Å². The average molecular weight is 368 g/mol. The molecular weight excluding hydrogens is 344 g/mol. The first-order valence-electron chi connectivity index (χ1n) is 9.09. The number of nitrogens with zero attached hydrogens (tertiary/aromatic N) is 1. The molecule has 1 aliphatic heterocycles. The highest BCUT2D eigenvalue weighted by molar-refractivity contribution is 5.94. The van der Waals surface area contributed by atoms with Crippen LogP contribution < -0.4 is 10.1 Å². The number of hydrogen-bond donors (Lipinski definition) is 1. The van der Waals surface area contributed by atoms with E-state index in [2.05, 4.69) is 5.32 Å². The third kappa shape index (κ3) is 5.56. The van der Waals surface area contributed by atoms with Crippen LogP contribution in [0.25, 0.3) is 0 Å². The van der Waals surface area contributed by atoms with Crippen LogP contribution in [0.4, 0.5) is 5.69 Å². The van der Waals surface area contributed by atoms with Crippen LogP contribution in [-0.2, 0) is 20.7 Å². The molecule has 1 fully saturated rings. The minimum absolute atomic E-state index is 0.0972. The van der Waals surface area contributed by atoms with E-state index < -0.39 is 6.10 Å². The Hall–Kier alpha value is -2.86. The molecule has 2 aromatic carbocycles. The average Bonchev–Trinajstić information content (AvgIpc) is 2.71.